The summed E-state index contributed by atoms with van der Waals surface area (Å²) in [4.78, 5) is 30.2. The fourth-order valence-corrected chi connectivity index (χ4v) is 4.18. The minimum absolute atomic E-state index is 0.00355. The van der Waals surface area contributed by atoms with Gasteiger partial charge in [-0.1, -0.05) is 53.8 Å². The van der Waals surface area contributed by atoms with E-state index in [9.17, 15) is 9.59 Å². The highest BCUT2D eigenvalue weighted by molar-refractivity contribution is 8.26. The van der Waals surface area contributed by atoms with E-state index in [1.165, 1.54) is 21.6 Å². The quantitative estimate of drug-likeness (QED) is 0.609. The van der Waals surface area contributed by atoms with Gasteiger partial charge in [-0.15, -0.1) is 0 Å². The van der Waals surface area contributed by atoms with Gasteiger partial charge in [-0.2, -0.15) is 0 Å². The Morgan fingerprint density at radius 3 is 2.72 bits per heavy atom. The van der Waals surface area contributed by atoms with Crippen LogP contribution in [-0.2, 0) is 9.59 Å². The highest BCUT2D eigenvalue weighted by Gasteiger charge is 2.35. The zero-order chi connectivity index (χ0) is 18.0. The van der Waals surface area contributed by atoms with Gasteiger partial charge in [0.25, 0.3) is 5.91 Å². The molecule has 0 radical (unpaired) electrons. The van der Waals surface area contributed by atoms with Crippen molar-refractivity contribution in [3.05, 3.63) is 39.8 Å². The minimum Gasteiger partial charge on any atom is -0.334 e. The standard InChI is InChI=1S/C17H18ClN3O2S2/c1-19-6-8-20(9-7-19)15(22)11-21-16(23)14(25-17(21)24)10-12-4-2-3-5-13(12)18/h2-5,10H,6-9,11H2,1H3/p+1/b14-10-. The van der Waals surface area contributed by atoms with E-state index in [1.54, 1.807) is 12.1 Å². The Morgan fingerprint density at radius 2 is 2.04 bits per heavy atom. The zero-order valence-electron chi connectivity index (χ0n) is 13.8. The number of carbonyl (C=O) groups excluding carboxylic acids is 2. The molecule has 2 heterocycles. The Morgan fingerprint density at radius 1 is 1.36 bits per heavy atom. The molecule has 0 spiro atoms. The normalized spacial score (nSPS) is 20.6. The van der Waals surface area contributed by atoms with Crippen molar-refractivity contribution in [1.82, 2.24) is 9.80 Å². The first-order chi connectivity index (χ1) is 12.0. The molecule has 2 saturated heterocycles. The van der Waals surface area contributed by atoms with E-state index in [-0.39, 0.29) is 18.4 Å². The largest absolute Gasteiger partial charge is 0.334 e. The third kappa shape index (κ3) is 4.23. The van der Waals surface area contributed by atoms with Gasteiger partial charge in [0.15, 0.2) is 0 Å². The van der Waals surface area contributed by atoms with Crippen LogP contribution in [0.25, 0.3) is 6.08 Å². The number of nitrogens with zero attached hydrogens (tertiary/aromatic N) is 2. The minimum atomic E-state index is -0.233. The van der Waals surface area contributed by atoms with Crippen LogP contribution in [0.1, 0.15) is 5.56 Å². The van der Waals surface area contributed by atoms with Gasteiger partial charge in [0.1, 0.15) is 10.9 Å². The van der Waals surface area contributed by atoms with Crippen molar-refractivity contribution in [1.29, 1.82) is 0 Å². The number of rotatable bonds is 3. The molecule has 2 aliphatic heterocycles. The molecule has 8 heteroatoms. The number of carbonyl (C=O) groups is 2. The first kappa shape index (κ1) is 18.4. The number of thiocarbonyl (C=S) groups is 1. The molecule has 2 amide bonds. The molecular weight excluding hydrogens is 378 g/mol. The third-order valence-electron chi connectivity index (χ3n) is 4.33. The highest BCUT2D eigenvalue weighted by Crippen LogP contribution is 2.33. The van der Waals surface area contributed by atoms with Crippen LogP contribution in [0.2, 0.25) is 5.02 Å². The van der Waals surface area contributed by atoms with E-state index >= 15 is 0 Å². The predicted molar refractivity (Wildman–Crippen MR) is 105 cm³/mol. The lowest BCUT2D eigenvalue weighted by Crippen LogP contribution is -3.12. The second kappa shape index (κ2) is 7.86. The molecule has 0 aliphatic carbocycles. The molecule has 132 valence electrons. The number of halogens is 1. The number of nitrogens with one attached hydrogen (secondary N) is 1. The van der Waals surface area contributed by atoms with Crippen molar-refractivity contribution in [2.45, 2.75) is 0 Å². The number of benzene rings is 1. The van der Waals surface area contributed by atoms with Gasteiger partial charge in [-0.3, -0.25) is 14.5 Å². The molecule has 0 aromatic heterocycles. The van der Waals surface area contributed by atoms with Crippen molar-refractivity contribution in [3.63, 3.8) is 0 Å². The van der Waals surface area contributed by atoms with Crippen LogP contribution >= 0.6 is 35.6 Å². The Bertz CT molecular complexity index is 745. The van der Waals surface area contributed by atoms with E-state index in [0.29, 0.717) is 14.2 Å². The maximum atomic E-state index is 12.6. The number of piperazine rings is 1. The van der Waals surface area contributed by atoms with Crippen molar-refractivity contribution in [2.24, 2.45) is 0 Å². The summed E-state index contributed by atoms with van der Waals surface area (Å²) in [6.45, 7) is 3.29. The molecule has 0 bridgehead atoms. The summed E-state index contributed by atoms with van der Waals surface area (Å²) in [6, 6.07) is 7.30. The van der Waals surface area contributed by atoms with Crippen LogP contribution in [-0.4, -0.2) is 65.7 Å². The van der Waals surface area contributed by atoms with Crippen LogP contribution in [0.3, 0.4) is 0 Å². The molecule has 2 fully saturated rings. The summed E-state index contributed by atoms with van der Waals surface area (Å²) in [5, 5.41) is 0.573. The van der Waals surface area contributed by atoms with E-state index in [1.807, 2.05) is 23.1 Å². The summed E-state index contributed by atoms with van der Waals surface area (Å²) in [7, 11) is 2.11. The maximum Gasteiger partial charge on any atom is 0.266 e. The number of thioether (sulfide) groups is 1. The molecular formula is C17H19ClN3O2S2+. The van der Waals surface area contributed by atoms with Crippen molar-refractivity contribution >= 4 is 57.8 Å². The fraction of sp³-hybridized carbons (Fsp3) is 0.353. The molecule has 1 aromatic rings. The summed E-state index contributed by atoms with van der Waals surface area (Å²) >= 11 is 12.7. The lowest BCUT2D eigenvalue weighted by Gasteiger charge is -2.31. The van der Waals surface area contributed by atoms with Gasteiger partial charge in [0, 0.05) is 5.02 Å². The second-order valence-corrected chi connectivity index (χ2v) is 8.21. The SMILES string of the molecule is C[NH+]1CCN(C(=O)CN2C(=O)/C(=C/c3ccccc3Cl)SC2=S)CC1. The second-order valence-electron chi connectivity index (χ2n) is 6.13. The fourth-order valence-electron chi connectivity index (χ4n) is 2.74. The lowest BCUT2D eigenvalue weighted by molar-refractivity contribution is -0.883. The first-order valence-electron chi connectivity index (χ1n) is 8.04. The van der Waals surface area contributed by atoms with Gasteiger partial charge >= 0.3 is 0 Å². The molecule has 0 unspecified atom stereocenters. The predicted octanol–water partition coefficient (Wildman–Crippen LogP) is 0.898. The van der Waals surface area contributed by atoms with Gasteiger partial charge in [-0.25, -0.2) is 0 Å². The lowest BCUT2D eigenvalue weighted by atomic mass is 10.2. The molecule has 3 rings (SSSR count). The van der Waals surface area contributed by atoms with Crippen LogP contribution in [0.15, 0.2) is 29.2 Å². The molecule has 2 aliphatic rings. The summed E-state index contributed by atoms with van der Waals surface area (Å²) in [5.74, 6) is -0.286. The van der Waals surface area contributed by atoms with Crippen molar-refractivity contribution < 1.29 is 14.5 Å². The average Bonchev–Trinajstić information content (AvgIpc) is 2.85. The van der Waals surface area contributed by atoms with Crippen molar-refractivity contribution in [2.75, 3.05) is 39.8 Å². The molecule has 1 aromatic carbocycles. The van der Waals surface area contributed by atoms with Crippen LogP contribution < -0.4 is 4.90 Å². The Hall–Kier alpha value is -1.41. The van der Waals surface area contributed by atoms with E-state index in [2.05, 4.69) is 7.05 Å². The Balaban J connectivity index is 1.69. The molecule has 0 atom stereocenters. The molecule has 5 nitrogen and oxygen atoms in total. The van der Waals surface area contributed by atoms with Crippen LogP contribution in [0.4, 0.5) is 0 Å². The zero-order valence-corrected chi connectivity index (χ0v) is 16.2. The van der Waals surface area contributed by atoms with Crippen molar-refractivity contribution in [3.8, 4) is 0 Å². The van der Waals surface area contributed by atoms with Gasteiger partial charge in [0.2, 0.25) is 5.91 Å². The van der Waals surface area contributed by atoms with E-state index in [0.717, 1.165) is 31.7 Å². The number of quaternary nitrogens is 1. The van der Waals surface area contributed by atoms with Gasteiger partial charge in [0.05, 0.1) is 38.1 Å². The number of likely N-dealkylation sites (N-methyl/N-ethyl adjacent to an activating group) is 1. The number of hydrogen-bond donors (Lipinski definition) is 1. The number of hydrogen-bond acceptors (Lipinski definition) is 4. The smallest absolute Gasteiger partial charge is 0.266 e. The van der Waals surface area contributed by atoms with Crippen LogP contribution in [0, 0.1) is 0 Å². The highest BCUT2D eigenvalue weighted by atomic mass is 35.5. The Labute approximate surface area is 161 Å². The monoisotopic (exact) mass is 396 g/mol. The first-order valence-corrected chi connectivity index (χ1v) is 9.65. The summed E-state index contributed by atoms with van der Waals surface area (Å²) in [5.41, 5.74) is 0.762. The topological polar surface area (TPSA) is 45.1 Å². The molecule has 1 N–H and O–H groups in total. The van der Waals surface area contributed by atoms with E-state index < -0.39 is 0 Å². The van der Waals surface area contributed by atoms with Gasteiger partial charge in [-0.05, 0) is 17.7 Å². The summed E-state index contributed by atoms with van der Waals surface area (Å²) in [6.07, 6.45) is 1.73. The van der Waals surface area contributed by atoms with E-state index in [4.69, 9.17) is 23.8 Å². The summed E-state index contributed by atoms with van der Waals surface area (Å²) < 4.78 is 0.413. The average molecular weight is 397 g/mol. The third-order valence-corrected chi connectivity index (χ3v) is 6.05. The molecule has 25 heavy (non-hydrogen) atoms. The van der Waals surface area contributed by atoms with Gasteiger partial charge < -0.3 is 9.80 Å². The maximum absolute atomic E-state index is 12.6. The Kier molecular flexibility index (Phi) is 5.78. The van der Waals surface area contributed by atoms with Crippen LogP contribution in [0.5, 0.6) is 0 Å². The number of amides is 2. The molecule has 0 saturated carbocycles.